The van der Waals surface area contributed by atoms with Gasteiger partial charge in [-0.15, -0.1) is 0 Å². The van der Waals surface area contributed by atoms with Crippen LogP contribution in [0.3, 0.4) is 0 Å². The van der Waals surface area contributed by atoms with E-state index in [1.54, 1.807) is 62.6 Å². The number of nitrogens with one attached hydrogen (secondary N) is 3. The van der Waals surface area contributed by atoms with Gasteiger partial charge in [0.1, 0.15) is 0 Å². The summed E-state index contributed by atoms with van der Waals surface area (Å²) in [5, 5.41) is 8.59. The molecule has 28 heavy (non-hydrogen) atoms. The molecule has 3 N–H and O–H groups in total. The van der Waals surface area contributed by atoms with Crippen LogP contribution < -0.4 is 16.0 Å². The molecule has 3 amide bonds. The van der Waals surface area contributed by atoms with E-state index >= 15 is 0 Å². The zero-order valence-corrected chi connectivity index (χ0v) is 16.6. The van der Waals surface area contributed by atoms with Crippen molar-refractivity contribution in [2.24, 2.45) is 0 Å². The number of carbonyl (C=O) groups excluding carboxylic acids is 3. The molecule has 0 radical (unpaired) electrons. The maximum atomic E-state index is 12.1. The van der Waals surface area contributed by atoms with Gasteiger partial charge in [-0.05, 0) is 62.4 Å². The fraction of sp³-hybridized carbons (Fsp3) is 0.286. The summed E-state index contributed by atoms with van der Waals surface area (Å²) < 4.78 is 0. The Balaban J connectivity index is 1.85. The Kier molecular flexibility index (Phi) is 7.14. The zero-order chi connectivity index (χ0) is 20.7. The summed E-state index contributed by atoms with van der Waals surface area (Å²) in [7, 11) is 3.39. The zero-order valence-electron chi connectivity index (χ0n) is 16.6. The third-order valence-corrected chi connectivity index (χ3v) is 3.84. The van der Waals surface area contributed by atoms with Gasteiger partial charge in [0.25, 0.3) is 11.8 Å². The van der Waals surface area contributed by atoms with E-state index in [9.17, 15) is 14.4 Å². The molecule has 0 atom stereocenters. The summed E-state index contributed by atoms with van der Waals surface area (Å²) in [6.45, 7) is 3.87. The predicted molar refractivity (Wildman–Crippen MR) is 111 cm³/mol. The monoisotopic (exact) mass is 382 g/mol. The van der Waals surface area contributed by atoms with E-state index in [1.165, 1.54) is 4.90 Å². The maximum absolute atomic E-state index is 12.1. The molecule has 7 heteroatoms. The number of carbonyl (C=O) groups is 3. The minimum Gasteiger partial charge on any atom is -0.376 e. The van der Waals surface area contributed by atoms with Crippen molar-refractivity contribution in [1.29, 1.82) is 0 Å². The molecule has 0 aliphatic carbocycles. The molecular weight excluding hydrogens is 356 g/mol. The second kappa shape index (κ2) is 9.55. The molecule has 0 aliphatic rings. The van der Waals surface area contributed by atoms with E-state index < -0.39 is 0 Å². The highest BCUT2D eigenvalue weighted by Gasteiger charge is 2.09. The highest BCUT2D eigenvalue weighted by atomic mass is 16.2. The van der Waals surface area contributed by atoms with E-state index in [0.717, 1.165) is 5.69 Å². The average Bonchev–Trinajstić information content (AvgIpc) is 2.66. The van der Waals surface area contributed by atoms with Crippen molar-refractivity contribution < 1.29 is 14.4 Å². The van der Waals surface area contributed by atoms with Gasteiger partial charge in [-0.1, -0.05) is 0 Å². The first-order chi connectivity index (χ1) is 13.3. The van der Waals surface area contributed by atoms with E-state index in [2.05, 4.69) is 16.0 Å². The molecule has 0 heterocycles. The van der Waals surface area contributed by atoms with Gasteiger partial charge in [0, 0.05) is 42.6 Å². The highest BCUT2D eigenvalue weighted by Crippen LogP contribution is 2.12. The Morgan fingerprint density at radius 1 is 0.857 bits per heavy atom. The summed E-state index contributed by atoms with van der Waals surface area (Å²) in [6.07, 6.45) is 0. The summed E-state index contributed by atoms with van der Waals surface area (Å²) in [5.41, 5.74) is 2.48. The number of anilines is 2. The van der Waals surface area contributed by atoms with Crippen molar-refractivity contribution >= 4 is 29.1 Å². The maximum Gasteiger partial charge on any atom is 0.253 e. The van der Waals surface area contributed by atoms with Crippen LogP contribution in [-0.4, -0.2) is 49.3 Å². The van der Waals surface area contributed by atoms with Crippen molar-refractivity contribution in [3.05, 3.63) is 59.7 Å². The SMILES string of the molecule is CC(C)NC(=O)c1ccc(NC(=O)CNc2ccc(C(=O)N(C)C)cc2)cc1. The molecule has 0 bridgehead atoms. The minimum absolute atomic E-state index is 0.0630. The van der Waals surface area contributed by atoms with Crippen molar-refractivity contribution in [1.82, 2.24) is 10.2 Å². The van der Waals surface area contributed by atoms with E-state index in [-0.39, 0.29) is 30.3 Å². The van der Waals surface area contributed by atoms with Crippen molar-refractivity contribution in [3.63, 3.8) is 0 Å². The lowest BCUT2D eigenvalue weighted by Gasteiger charge is -2.12. The first-order valence-corrected chi connectivity index (χ1v) is 9.02. The Labute approximate surface area is 165 Å². The number of hydrogen-bond acceptors (Lipinski definition) is 4. The Bertz CT molecular complexity index is 828. The van der Waals surface area contributed by atoms with Gasteiger partial charge < -0.3 is 20.9 Å². The molecule has 2 aromatic carbocycles. The van der Waals surface area contributed by atoms with Crippen molar-refractivity contribution in [2.45, 2.75) is 19.9 Å². The lowest BCUT2D eigenvalue weighted by atomic mass is 10.2. The summed E-state index contributed by atoms with van der Waals surface area (Å²) in [6, 6.07) is 13.7. The molecule has 0 aromatic heterocycles. The van der Waals surface area contributed by atoms with Crippen LogP contribution in [0.25, 0.3) is 0 Å². The summed E-state index contributed by atoms with van der Waals surface area (Å²) in [5.74, 6) is -0.437. The van der Waals surface area contributed by atoms with Gasteiger partial charge in [-0.3, -0.25) is 14.4 Å². The third-order valence-electron chi connectivity index (χ3n) is 3.84. The topological polar surface area (TPSA) is 90.5 Å². The van der Waals surface area contributed by atoms with Crippen LogP contribution in [0.1, 0.15) is 34.6 Å². The Morgan fingerprint density at radius 2 is 1.39 bits per heavy atom. The molecular formula is C21H26N4O3. The predicted octanol–water partition coefficient (Wildman–Crippen LogP) is 2.58. The molecule has 2 aromatic rings. The number of nitrogens with zero attached hydrogens (tertiary/aromatic N) is 1. The number of hydrogen-bond donors (Lipinski definition) is 3. The summed E-state index contributed by atoms with van der Waals surface area (Å²) in [4.78, 5) is 37.4. The first kappa shape index (κ1) is 21.0. The quantitative estimate of drug-likeness (QED) is 0.686. The smallest absolute Gasteiger partial charge is 0.253 e. The van der Waals surface area contributed by atoms with E-state index in [0.29, 0.717) is 16.8 Å². The van der Waals surface area contributed by atoms with Gasteiger partial charge in [0.15, 0.2) is 0 Å². The standard InChI is InChI=1S/C21H26N4O3/c1-14(2)23-20(27)15-5-11-18(12-6-15)24-19(26)13-22-17-9-7-16(8-10-17)21(28)25(3)4/h5-12,14,22H,13H2,1-4H3,(H,23,27)(H,24,26). The molecule has 2 rings (SSSR count). The van der Waals surface area contributed by atoms with Crippen LogP contribution in [0.15, 0.2) is 48.5 Å². The van der Waals surface area contributed by atoms with Crippen molar-refractivity contribution in [3.8, 4) is 0 Å². The number of amides is 3. The van der Waals surface area contributed by atoms with Gasteiger partial charge in [-0.2, -0.15) is 0 Å². The second-order valence-electron chi connectivity index (χ2n) is 6.88. The summed E-state index contributed by atoms with van der Waals surface area (Å²) >= 11 is 0. The van der Waals surface area contributed by atoms with Gasteiger partial charge in [-0.25, -0.2) is 0 Å². The third kappa shape index (κ3) is 6.12. The number of benzene rings is 2. The van der Waals surface area contributed by atoms with Crippen LogP contribution in [0.5, 0.6) is 0 Å². The van der Waals surface area contributed by atoms with Gasteiger partial charge in [0.2, 0.25) is 5.91 Å². The fourth-order valence-corrected chi connectivity index (χ4v) is 2.43. The Hall–Kier alpha value is -3.35. The molecule has 0 unspecified atom stereocenters. The van der Waals surface area contributed by atoms with Gasteiger partial charge in [0.05, 0.1) is 6.54 Å². The lowest BCUT2D eigenvalue weighted by Crippen LogP contribution is -2.30. The van der Waals surface area contributed by atoms with Crippen LogP contribution >= 0.6 is 0 Å². The lowest BCUT2D eigenvalue weighted by molar-refractivity contribution is -0.114. The molecule has 148 valence electrons. The van der Waals surface area contributed by atoms with Crippen LogP contribution in [-0.2, 0) is 4.79 Å². The molecule has 0 fully saturated rings. The fourth-order valence-electron chi connectivity index (χ4n) is 2.43. The largest absolute Gasteiger partial charge is 0.376 e. The molecule has 0 saturated heterocycles. The van der Waals surface area contributed by atoms with Crippen LogP contribution in [0.2, 0.25) is 0 Å². The second-order valence-corrected chi connectivity index (χ2v) is 6.88. The average molecular weight is 382 g/mol. The number of rotatable bonds is 7. The highest BCUT2D eigenvalue weighted by molar-refractivity contribution is 5.97. The van der Waals surface area contributed by atoms with E-state index in [1.807, 2.05) is 13.8 Å². The molecule has 0 saturated carbocycles. The molecule has 0 spiro atoms. The molecule has 0 aliphatic heterocycles. The van der Waals surface area contributed by atoms with Crippen molar-refractivity contribution in [2.75, 3.05) is 31.3 Å². The minimum atomic E-state index is -0.215. The Morgan fingerprint density at radius 3 is 1.93 bits per heavy atom. The van der Waals surface area contributed by atoms with Crippen LogP contribution in [0.4, 0.5) is 11.4 Å². The van der Waals surface area contributed by atoms with Gasteiger partial charge >= 0.3 is 0 Å². The first-order valence-electron chi connectivity index (χ1n) is 9.02. The van der Waals surface area contributed by atoms with Crippen LogP contribution in [0, 0.1) is 0 Å². The normalized spacial score (nSPS) is 10.3. The molecule has 7 nitrogen and oxygen atoms in total. The van der Waals surface area contributed by atoms with E-state index in [4.69, 9.17) is 0 Å².